The summed E-state index contributed by atoms with van der Waals surface area (Å²) in [4.78, 5) is 29.4. The molecule has 0 aromatic heterocycles. The standard InChI is InChI=1S/C39H56N2O6S2/c1-35(2,3)23-28(34(43)40-31-16-15-29-17-19-38(31,36(29,4)5)24-48(40,44)45)14-13-27(21-26-11-9-8-10-12-26)33(42)41-32-22-30-18-20-39(32,37(30,6)7)25-49(41,46)47/h8-13,28-32H,14-25H2,1-7H3/b27-13+. The number of allylic oxidation sites excluding steroid dienone is 1. The summed E-state index contributed by atoms with van der Waals surface area (Å²) in [6, 6.07) is 8.85. The van der Waals surface area contributed by atoms with Gasteiger partial charge >= 0.3 is 0 Å². The van der Waals surface area contributed by atoms with Crippen LogP contribution in [-0.4, -0.2) is 60.8 Å². The van der Waals surface area contributed by atoms with Gasteiger partial charge in [0.25, 0.3) is 5.91 Å². The van der Waals surface area contributed by atoms with Crippen LogP contribution in [-0.2, 0) is 36.1 Å². The Balaban J connectivity index is 1.24. The topological polar surface area (TPSA) is 109 Å². The highest BCUT2D eigenvalue weighted by atomic mass is 32.2. The van der Waals surface area contributed by atoms with Crippen molar-refractivity contribution in [3.05, 3.63) is 47.5 Å². The van der Waals surface area contributed by atoms with Gasteiger partial charge in [-0.25, -0.2) is 25.4 Å². The van der Waals surface area contributed by atoms with Crippen LogP contribution in [0.25, 0.3) is 0 Å². The normalized spacial score (nSPS) is 36.8. The Kier molecular flexibility index (Phi) is 8.01. The van der Waals surface area contributed by atoms with Crippen molar-refractivity contribution >= 4 is 31.9 Å². The minimum absolute atomic E-state index is 0.00315. The largest absolute Gasteiger partial charge is 0.273 e. The molecule has 49 heavy (non-hydrogen) atoms. The van der Waals surface area contributed by atoms with Crippen LogP contribution in [0.5, 0.6) is 0 Å². The van der Waals surface area contributed by atoms with Gasteiger partial charge in [-0.1, -0.05) is 84.9 Å². The fourth-order valence-corrected chi connectivity index (χ4v) is 17.2. The molecule has 1 aromatic carbocycles. The van der Waals surface area contributed by atoms with Crippen LogP contribution in [0.15, 0.2) is 42.0 Å². The van der Waals surface area contributed by atoms with E-state index in [9.17, 15) is 26.4 Å². The average molecular weight is 713 g/mol. The number of nitrogens with zero attached hydrogens (tertiary/aromatic N) is 2. The molecule has 0 radical (unpaired) electrons. The van der Waals surface area contributed by atoms with Crippen LogP contribution < -0.4 is 0 Å². The van der Waals surface area contributed by atoms with Crippen LogP contribution in [0.3, 0.4) is 0 Å². The number of amides is 2. The van der Waals surface area contributed by atoms with Crippen molar-refractivity contribution in [1.82, 2.24) is 8.61 Å². The first-order chi connectivity index (χ1) is 22.7. The second-order valence-corrected chi connectivity index (χ2v) is 22.6. The van der Waals surface area contributed by atoms with Gasteiger partial charge < -0.3 is 0 Å². The van der Waals surface area contributed by atoms with Gasteiger partial charge in [-0.3, -0.25) is 9.59 Å². The van der Waals surface area contributed by atoms with Crippen molar-refractivity contribution in [1.29, 1.82) is 0 Å². The van der Waals surface area contributed by atoms with E-state index in [-0.39, 0.29) is 58.6 Å². The van der Waals surface area contributed by atoms with Crippen molar-refractivity contribution in [3.8, 4) is 0 Å². The van der Waals surface area contributed by atoms with Gasteiger partial charge in [-0.15, -0.1) is 0 Å². The smallest absolute Gasteiger partial charge is 0.263 e. The lowest BCUT2D eigenvalue weighted by Crippen LogP contribution is -2.53. The number of fused-ring (bicyclic) bond motifs is 2. The molecule has 8 nitrogen and oxygen atoms in total. The summed E-state index contributed by atoms with van der Waals surface area (Å²) in [5.74, 6) is -0.675. The minimum atomic E-state index is -3.85. The molecular weight excluding hydrogens is 657 g/mol. The van der Waals surface area contributed by atoms with Gasteiger partial charge in [0.05, 0.1) is 23.6 Å². The Labute approximate surface area is 294 Å². The maximum Gasteiger partial charge on any atom is 0.263 e. The Morgan fingerprint density at radius 2 is 1.39 bits per heavy atom. The molecule has 7 unspecified atom stereocenters. The third-order valence-corrected chi connectivity index (χ3v) is 18.7. The molecular formula is C39H56N2O6S2. The predicted molar refractivity (Wildman–Crippen MR) is 191 cm³/mol. The molecule has 1 aromatic rings. The van der Waals surface area contributed by atoms with Gasteiger partial charge in [-0.2, -0.15) is 0 Å². The lowest BCUT2D eigenvalue weighted by atomic mass is 9.57. The fourth-order valence-electron chi connectivity index (χ4n) is 12.1. The van der Waals surface area contributed by atoms with E-state index in [4.69, 9.17) is 0 Å². The van der Waals surface area contributed by atoms with Gasteiger partial charge in [-0.05, 0) is 91.4 Å². The van der Waals surface area contributed by atoms with Crippen molar-refractivity contribution in [2.45, 2.75) is 125 Å². The number of hydrogen-bond acceptors (Lipinski definition) is 6. The molecule has 6 fully saturated rings. The van der Waals surface area contributed by atoms with Crippen LogP contribution in [0.4, 0.5) is 0 Å². The summed E-state index contributed by atoms with van der Waals surface area (Å²) in [6.07, 6.45) is 8.54. The molecule has 2 heterocycles. The number of carbonyl (C=O) groups is 2. The number of carbonyl (C=O) groups excluding carboxylic acids is 2. The summed E-state index contributed by atoms with van der Waals surface area (Å²) in [5.41, 5.74) is -0.264. The highest BCUT2D eigenvalue weighted by Crippen LogP contribution is 2.70. The predicted octanol–water partition coefficient (Wildman–Crippen LogP) is 6.72. The van der Waals surface area contributed by atoms with Crippen molar-refractivity contribution in [2.75, 3.05) is 11.5 Å². The van der Waals surface area contributed by atoms with Crippen LogP contribution in [0, 0.1) is 44.8 Å². The minimum Gasteiger partial charge on any atom is -0.273 e. The van der Waals surface area contributed by atoms with Crippen LogP contribution in [0.1, 0.15) is 112 Å². The van der Waals surface area contributed by atoms with E-state index in [0.717, 1.165) is 37.7 Å². The van der Waals surface area contributed by atoms with E-state index in [1.165, 1.54) is 8.61 Å². The van der Waals surface area contributed by atoms with E-state index < -0.39 is 42.7 Å². The molecule has 6 aliphatic rings. The molecule has 10 heteroatoms. The fraction of sp³-hybridized carbons (Fsp3) is 0.744. The molecule has 2 amide bonds. The lowest BCUT2D eigenvalue weighted by Gasteiger charge is -2.49. The Morgan fingerprint density at radius 1 is 0.816 bits per heavy atom. The molecule has 4 aliphatic carbocycles. The first kappa shape index (κ1) is 35.2. The lowest BCUT2D eigenvalue weighted by molar-refractivity contribution is -0.136. The van der Waals surface area contributed by atoms with Crippen LogP contribution in [0.2, 0.25) is 0 Å². The average Bonchev–Trinajstić information content (AvgIpc) is 3.59. The summed E-state index contributed by atoms with van der Waals surface area (Å²) >= 11 is 0. The molecule has 270 valence electrons. The Bertz CT molecular complexity index is 1790. The highest BCUT2D eigenvalue weighted by molar-refractivity contribution is 7.90. The molecule has 2 spiro atoms. The maximum absolute atomic E-state index is 14.7. The zero-order chi connectivity index (χ0) is 35.6. The zero-order valence-corrected chi connectivity index (χ0v) is 32.1. The summed E-state index contributed by atoms with van der Waals surface area (Å²) in [7, 11) is -7.69. The second kappa shape index (κ2) is 11.1. The summed E-state index contributed by atoms with van der Waals surface area (Å²) < 4.78 is 58.4. The van der Waals surface area contributed by atoms with Crippen molar-refractivity contribution in [2.24, 2.45) is 44.8 Å². The highest BCUT2D eigenvalue weighted by Gasteiger charge is 2.73. The molecule has 7 atom stereocenters. The van der Waals surface area contributed by atoms with Crippen molar-refractivity contribution < 1.29 is 26.4 Å². The van der Waals surface area contributed by atoms with E-state index in [2.05, 4.69) is 27.7 Å². The molecule has 2 aliphatic heterocycles. The van der Waals surface area contributed by atoms with E-state index in [1.807, 2.05) is 51.1 Å². The quantitative estimate of drug-likeness (QED) is 0.291. The Morgan fingerprint density at radius 3 is 2.00 bits per heavy atom. The molecule has 4 saturated carbocycles. The molecule has 2 saturated heterocycles. The van der Waals surface area contributed by atoms with Gasteiger partial charge in [0.15, 0.2) is 0 Å². The third kappa shape index (κ3) is 5.14. The number of benzene rings is 1. The van der Waals surface area contributed by atoms with Crippen LogP contribution >= 0.6 is 0 Å². The second-order valence-electron chi connectivity index (χ2n) is 18.9. The Hall–Kier alpha value is -2.20. The SMILES string of the molecule is CC(C)(C)CC(C/C=C(\Cc1ccccc1)C(=O)N1C2CC3CCC2(CS1(=O)=O)C3(C)C)C(=O)N1C2CCC3CCC2(CS1(=O)=O)C3(C)C. The number of sulfonamides is 2. The van der Waals surface area contributed by atoms with E-state index >= 15 is 0 Å². The molecule has 4 bridgehead atoms. The number of hydrogen-bond donors (Lipinski definition) is 0. The summed E-state index contributed by atoms with van der Waals surface area (Å²) in [6.45, 7) is 14.9. The monoisotopic (exact) mass is 712 g/mol. The maximum atomic E-state index is 14.7. The van der Waals surface area contributed by atoms with Gasteiger partial charge in [0.2, 0.25) is 26.0 Å². The first-order valence-electron chi connectivity index (χ1n) is 18.5. The van der Waals surface area contributed by atoms with Gasteiger partial charge in [0, 0.05) is 28.7 Å². The summed E-state index contributed by atoms with van der Waals surface area (Å²) in [5, 5.41) is 0. The van der Waals surface area contributed by atoms with Crippen molar-refractivity contribution in [3.63, 3.8) is 0 Å². The first-order valence-corrected chi connectivity index (χ1v) is 21.7. The molecule has 0 N–H and O–H groups in total. The number of rotatable bonds is 7. The zero-order valence-electron chi connectivity index (χ0n) is 30.5. The van der Waals surface area contributed by atoms with E-state index in [0.29, 0.717) is 36.7 Å². The third-order valence-electron chi connectivity index (χ3n) is 14.9. The van der Waals surface area contributed by atoms with Gasteiger partial charge in [0.1, 0.15) is 0 Å². The molecule has 7 rings (SSSR count). The van der Waals surface area contributed by atoms with E-state index in [1.54, 1.807) is 6.08 Å².